The molecule has 2 rings (SSSR count). The molecule has 9 nitrogen and oxygen atoms in total. The fourth-order valence-electron chi connectivity index (χ4n) is 1.74. The summed E-state index contributed by atoms with van der Waals surface area (Å²) >= 11 is 1.42. The summed E-state index contributed by atoms with van der Waals surface area (Å²) in [6, 6.07) is 0. The first kappa shape index (κ1) is 16.9. The minimum Gasteiger partial charge on any atom is -0.476 e. The van der Waals surface area contributed by atoms with E-state index < -0.39 is 17.7 Å². The topological polar surface area (TPSA) is 119 Å². The molecule has 0 aromatic carbocycles. The highest BCUT2D eigenvalue weighted by Gasteiger charge is 2.21. The van der Waals surface area contributed by atoms with Gasteiger partial charge in [-0.25, -0.2) is 14.3 Å². The average molecular weight is 339 g/mol. The molecule has 0 unspecified atom stereocenters. The molecule has 2 N–H and O–H groups in total. The Morgan fingerprint density at radius 3 is 2.74 bits per heavy atom. The second-order valence-electron chi connectivity index (χ2n) is 5.67. The molecule has 0 bridgehead atoms. The van der Waals surface area contributed by atoms with Crippen LogP contribution in [0.2, 0.25) is 0 Å². The smallest absolute Gasteiger partial charge is 0.407 e. The summed E-state index contributed by atoms with van der Waals surface area (Å²) in [6.45, 7) is 5.50. The molecule has 2 aromatic heterocycles. The van der Waals surface area contributed by atoms with Crippen LogP contribution in [-0.4, -0.2) is 42.7 Å². The Morgan fingerprint density at radius 1 is 1.43 bits per heavy atom. The first-order chi connectivity index (χ1) is 10.8. The normalized spacial score (nSPS) is 11.3. The van der Waals surface area contributed by atoms with Crippen molar-refractivity contribution in [2.24, 2.45) is 0 Å². The standard InChI is InChI=1S/C13H17N5O4S/c1-13(2,3)22-12(21)15-5-9-10(11(19)20)16-17-18(9)6-8-4-14-7-23-8/h4,7H,5-6H2,1-3H3,(H,15,21)(H,19,20). The van der Waals surface area contributed by atoms with Crippen LogP contribution in [0.25, 0.3) is 0 Å². The molecule has 0 saturated heterocycles. The van der Waals surface area contributed by atoms with Crippen LogP contribution in [-0.2, 0) is 17.8 Å². The highest BCUT2D eigenvalue weighted by atomic mass is 32.1. The zero-order valence-electron chi connectivity index (χ0n) is 12.9. The number of nitrogens with zero attached hydrogens (tertiary/aromatic N) is 4. The number of aromatic carboxylic acids is 1. The van der Waals surface area contributed by atoms with Crippen LogP contribution in [0.3, 0.4) is 0 Å². The van der Waals surface area contributed by atoms with Gasteiger partial charge in [-0.2, -0.15) is 0 Å². The van der Waals surface area contributed by atoms with Crippen molar-refractivity contribution < 1.29 is 19.4 Å². The minimum absolute atomic E-state index is 0.0532. The molecular formula is C13H17N5O4S. The Bertz CT molecular complexity index is 690. The van der Waals surface area contributed by atoms with Gasteiger partial charge in [0.1, 0.15) is 5.60 Å². The van der Waals surface area contributed by atoms with Gasteiger partial charge >= 0.3 is 12.1 Å². The van der Waals surface area contributed by atoms with E-state index in [-0.39, 0.29) is 17.9 Å². The van der Waals surface area contributed by atoms with Gasteiger partial charge < -0.3 is 15.2 Å². The van der Waals surface area contributed by atoms with Gasteiger partial charge in [0.25, 0.3) is 0 Å². The summed E-state index contributed by atoms with van der Waals surface area (Å²) in [5.41, 5.74) is 1.12. The maximum Gasteiger partial charge on any atom is 0.407 e. The zero-order chi connectivity index (χ0) is 17.0. The van der Waals surface area contributed by atoms with E-state index in [9.17, 15) is 14.7 Å². The number of thiazole rings is 1. The van der Waals surface area contributed by atoms with Gasteiger partial charge in [0.2, 0.25) is 0 Å². The number of hydrogen-bond donors (Lipinski definition) is 2. The van der Waals surface area contributed by atoms with Crippen molar-refractivity contribution in [3.8, 4) is 0 Å². The highest BCUT2D eigenvalue weighted by Crippen LogP contribution is 2.12. The third-order valence-corrected chi connectivity index (χ3v) is 3.39. The summed E-state index contributed by atoms with van der Waals surface area (Å²) in [6.07, 6.45) is 1.03. The lowest BCUT2D eigenvalue weighted by atomic mass is 10.2. The third kappa shape index (κ3) is 4.74. The van der Waals surface area contributed by atoms with Gasteiger partial charge in [-0.15, -0.1) is 16.4 Å². The van der Waals surface area contributed by atoms with Crippen LogP contribution in [0.15, 0.2) is 11.7 Å². The van der Waals surface area contributed by atoms with Crippen LogP contribution in [0, 0.1) is 0 Å². The quantitative estimate of drug-likeness (QED) is 0.847. The molecule has 0 aliphatic carbocycles. The van der Waals surface area contributed by atoms with E-state index in [4.69, 9.17) is 4.74 Å². The van der Waals surface area contributed by atoms with Crippen LogP contribution < -0.4 is 5.32 Å². The first-order valence-corrected chi connectivity index (χ1v) is 7.64. The number of nitrogens with one attached hydrogen (secondary N) is 1. The molecule has 23 heavy (non-hydrogen) atoms. The molecule has 0 fully saturated rings. The maximum absolute atomic E-state index is 11.7. The fraction of sp³-hybridized carbons (Fsp3) is 0.462. The van der Waals surface area contributed by atoms with E-state index in [1.54, 1.807) is 32.5 Å². The molecule has 0 saturated carbocycles. The van der Waals surface area contributed by atoms with E-state index in [1.807, 2.05) is 0 Å². The predicted molar refractivity (Wildman–Crippen MR) is 81.3 cm³/mol. The summed E-state index contributed by atoms with van der Waals surface area (Å²) in [7, 11) is 0. The number of amides is 1. The number of carboxylic acids is 1. The van der Waals surface area contributed by atoms with Crippen molar-refractivity contribution in [1.82, 2.24) is 25.3 Å². The van der Waals surface area contributed by atoms with Gasteiger partial charge in [0.15, 0.2) is 5.69 Å². The maximum atomic E-state index is 11.7. The number of hydrogen-bond acceptors (Lipinski definition) is 7. The molecule has 0 atom stereocenters. The molecule has 0 aliphatic rings. The highest BCUT2D eigenvalue weighted by molar-refractivity contribution is 7.09. The molecule has 2 heterocycles. The summed E-state index contributed by atoms with van der Waals surface area (Å²) < 4.78 is 6.55. The fourth-order valence-corrected chi connectivity index (χ4v) is 2.31. The van der Waals surface area contributed by atoms with E-state index in [1.165, 1.54) is 16.0 Å². The first-order valence-electron chi connectivity index (χ1n) is 6.76. The predicted octanol–water partition coefficient (Wildman–Crippen LogP) is 1.51. The van der Waals surface area contributed by atoms with Crippen molar-refractivity contribution in [3.05, 3.63) is 28.0 Å². The second kappa shape index (κ2) is 6.73. The van der Waals surface area contributed by atoms with E-state index in [0.717, 1.165) is 4.88 Å². The number of rotatable bonds is 5. The van der Waals surface area contributed by atoms with Gasteiger partial charge in [-0.05, 0) is 20.8 Å². The van der Waals surface area contributed by atoms with Crippen molar-refractivity contribution in [1.29, 1.82) is 0 Å². The Kier molecular flexibility index (Phi) is 4.94. The number of carbonyl (C=O) groups excluding carboxylic acids is 1. The van der Waals surface area contributed by atoms with Crippen molar-refractivity contribution >= 4 is 23.4 Å². The number of carbonyl (C=O) groups is 2. The Morgan fingerprint density at radius 2 is 2.17 bits per heavy atom. The van der Waals surface area contributed by atoms with Crippen LogP contribution >= 0.6 is 11.3 Å². The Balaban J connectivity index is 2.13. The molecule has 10 heteroatoms. The van der Waals surface area contributed by atoms with Gasteiger partial charge in [0.05, 0.1) is 24.3 Å². The third-order valence-electron chi connectivity index (χ3n) is 2.63. The average Bonchev–Trinajstić information content (AvgIpc) is 3.04. The molecule has 0 spiro atoms. The number of carboxylic acid groups (broad SMARTS) is 1. The van der Waals surface area contributed by atoms with Gasteiger partial charge in [-0.1, -0.05) is 5.21 Å². The van der Waals surface area contributed by atoms with Crippen molar-refractivity contribution in [2.75, 3.05) is 0 Å². The molecular weight excluding hydrogens is 322 g/mol. The van der Waals surface area contributed by atoms with Crippen LogP contribution in [0.1, 0.15) is 41.8 Å². The summed E-state index contributed by atoms with van der Waals surface area (Å²) in [5.74, 6) is -1.21. The van der Waals surface area contributed by atoms with E-state index >= 15 is 0 Å². The Labute approximate surface area is 136 Å². The van der Waals surface area contributed by atoms with E-state index in [2.05, 4.69) is 20.6 Å². The SMILES string of the molecule is CC(C)(C)OC(=O)NCc1c(C(=O)O)nnn1Cc1cncs1. The molecule has 0 aliphatic heterocycles. The monoisotopic (exact) mass is 339 g/mol. The number of alkyl carbamates (subject to hydrolysis) is 1. The number of ether oxygens (including phenoxy) is 1. The molecule has 2 aromatic rings. The zero-order valence-corrected chi connectivity index (χ0v) is 13.8. The molecule has 124 valence electrons. The van der Waals surface area contributed by atoms with Gasteiger partial charge in [-0.3, -0.25) is 4.98 Å². The summed E-state index contributed by atoms with van der Waals surface area (Å²) in [5, 5.41) is 19.2. The second-order valence-corrected chi connectivity index (χ2v) is 6.64. The molecule has 0 radical (unpaired) electrons. The number of aromatic nitrogens is 4. The lowest BCUT2D eigenvalue weighted by molar-refractivity contribution is 0.0519. The van der Waals surface area contributed by atoms with E-state index in [0.29, 0.717) is 6.54 Å². The lowest BCUT2D eigenvalue weighted by Crippen LogP contribution is -2.33. The van der Waals surface area contributed by atoms with Gasteiger partial charge in [0, 0.05) is 11.1 Å². The summed E-state index contributed by atoms with van der Waals surface area (Å²) in [4.78, 5) is 27.8. The largest absolute Gasteiger partial charge is 0.476 e. The minimum atomic E-state index is -1.21. The Hall–Kier alpha value is -2.49. The van der Waals surface area contributed by atoms with Crippen LogP contribution in [0.5, 0.6) is 0 Å². The molecule has 1 amide bonds. The van der Waals surface area contributed by atoms with Crippen molar-refractivity contribution in [3.63, 3.8) is 0 Å². The van der Waals surface area contributed by atoms with Crippen molar-refractivity contribution in [2.45, 2.75) is 39.5 Å². The lowest BCUT2D eigenvalue weighted by Gasteiger charge is -2.19. The van der Waals surface area contributed by atoms with Crippen LogP contribution in [0.4, 0.5) is 4.79 Å².